The Kier molecular flexibility index (Phi) is 10.1. The summed E-state index contributed by atoms with van der Waals surface area (Å²) in [7, 11) is 0. The lowest BCUT2D eigenvalue weighted by molar-refractivity contribution is -0.141. The number of nitrogens with zero attached hydrogens (tertiary/aromatic N) is 2. The molecule has 11 nitrogen and oxygen atoms in total. The van der Waals surface area contributed by atoms with Gasteiger partial charge in [-0.05, 0) is 89.0 Å². The predicted molar refractivity (Wildman–Crippen MR) is 168 cm³/mol. The zero-order valence-corrected chi connectivity index (χ0v) is 26.9. The predicted octanol–water partition coefficient (Wildman–Crippen LogP) is 5.54. The largest absolute Gasteiger partial charge is 0.480 e. The van der Waals surface area contributed by atoms with E-state index in [-0.39, 0.29) is 32.2 Å². The van der Waals surface area contributed by atoms with Crippen molar-refractivity contribution in [2.75, 3.05) is 31.6 Å². The Hall–Kier alpha value is -3.57. The molecular formula is C33H43ClN4O7. The molecule has 0 spiro atoms. The number of likely N-dealkylation sites (tertiary alicyclic amines) is 1. The van der Waals surface area contributed by atoms with Gasteiger partial charge in [-0.2, -0.15) is 0 Å². The Morgan fingerprint density at radius 2 is 1.98 bits per heavy atom. The monoisotopic (exact) mass is 642 g/mol. The van der Waals surface area contributed by atoms with Gasteiger partial charge < -0.3 is 30.0 Å². The Morgan fingerprint density at radius 1 is 1.20 bits per heavy atom. The molecule has 1 saturated heterocycles. The molecular weight excluding hydrogens is 600 g/mol. The maximum atomic E-state index is 13.0. The number of carboxylic acids is 1. The third kappa shape index (κ3) is 8.58. The molecule has 1 aromatic heterocycles. The Morgan fingerprint density at radius 3 is 2.69 bits per heavy atom. The molecule has 0 radical (unpaired) electrons. The van der Waals surface area contributed by atoms with Crippen molar-refractivity contribution in [3.8, 4) is 0 Å². The third-order valence-electron chi connectivity index (χ3n) is 8.49. The molecule has 0 bridgehead atoms. The fourth-order valence-electron chi connectivity index (χ4n) is 5.97. The first-order valence-electron chi connectivity index (χ1n) is 15.7. The van der Waals surface area contributed by atoms with Crippen molar-refractivity contribution >= 4 is 35.6 Å². The van der Waals surface area contributed by atoms with Crippen LogP contribution in [0.2, 0.25) is 5.02 Å². The summed E-state index contributed by atoms with van der Waals surface area (Å²) in [6.45, 7) is 6.55. The fraction of sp³-hybridized carbons (Fsp3) is 0.576. The highest BCUT2D eigenvalue weighted by Gasteiger charge is 2.51. The SMILES string of the molecule is CC(C)(C)OC(=O)N1CC(OC(=O)N[C@@H](CCOC2CC(CCc3ccc4c(n3)NCCC4)C2)C(=O)O)(c2cccc(Cl)c2)C1. The van der Waals surface area contributed by atoms with Crippen LogP contribution in [-0.4, -0.2) is 77.1 Å². The molecule has 2 aromatic rings. The van der Waals surface area contributed by atoms with Crippen LogP contribution in [0.1, 0.15) is 69.7 Å². The molecule has 12 heteroatoms. The van der Waals surface area contributed by atoms with Gasteiger partial charge in [0.05, 0.1) is 19.2 Å². The highest BCUT2D eigenvalue weighted by atomic mass is 35.5. The molecule has 2 amide bonds. The van der Waals surface area contributed by atoms with E-state index in [9.17, 15) is 19.5 Å². The molecule has 3 N–H and O–H groups in total. The number of pyridine rings is 1. The second kappa shape index (κ2) is 13.8. The smallest absolute Gasteiger partial charge is 0.410 e. The number of aryl methyl sites for hydroxylation is 2. The number of carboxylic acid groups (broad SMARTS) is 1. The van der Waals surface area contributed by atoms with Crippen molar-refractivity contribution in [2.45, 2.75) is 89.1 Å². The molecule has 244 valence electrons. The van der Waals surface area contributed by atoms with E-state index in [2.05, 4.69) is 22.8 Å². The number of carbonyl (C=O) groups is 3. The molecule has 3 heterocycles. The van der Waals surface area contributed by atoms with Crippen LogP contribution in [0.4, 0.5) is 15.4 Å². The number of aromatic nitrogens is 1. The van der Waals surface area contributed by atoms with Crippen LogP contribution in [-0.2, 0) is 37.4 Å². The lowest BCUT2D eigenvalue weighted by Gasteiger charge is -2.48. The van der Waals surface area contributed by atoms with E-state index in [1.54, 1.807) is 45.0 Å². The zero-order chi connectivity index (χ0) is 32.2. The molecule has 2 aliphatic heterocycles. The second-order valence-electron chi connectivity index (χ2n) is 13.3. The van der Waals surface area contributed by atoms with Gasteiger partial charge in [-0.1, -0.05) is 29.8 Å². The van der Waals surface area contributed by atoms with Gasteiger partial charge in [-0.15, -0.1) is 0 Å². The average Bonchev–Trinajstić information content (AvgIpc) is 2.93. The summed E-state index contributed by atoms with van der Waals surface area (Å²) in [6.07, 6.45) is 4.76. The minimum atomic E-state index is -1.20. The standard InChI is InChI=1S/C33H43ClN4O7/c1-32(2,3)45-31(42)38-19-33(20-38,23-7-4-8-24(34)18-23)44-30(41)37-27(29(39)40)13-15-43-26-16-21(17-26)9-11-25-12-10-22-6-5-14-35-28(22)36-25/h4,7-8,10,12,18,21,26-27H,5-6,9,11,13-17,19-20H2,1-3H3,(H,35,36)(H,37,41)(H,39,40)/t21?,26?,27-/m0/s1. The van der Waals surface area contributed by atoms with Gasteiger partial charge in [0.1, 0.15) is 17.5 Å². The van der Waals surface area contributed by atoms with Crippen molar-refractivity contribution < 1.29 is 33.7 Å². The summed E-state index contributed by atoms with van der Waals surface area (Å²) in [4.78, 5) is 43.7. The van der Waals surface area contributed by atoms with E-state index in [0.717, 1.165) is 56.6 Å². The van der Waals surface area contributed by atoms with Crippen molar-refractivity contribution in [2.24, 2.45) is 5.92 Å². The van der Waals surface area contributed by atoms with E-state index in [1.165, 1.54) is 10.5 Å². The number of fused-ring (bicyclic) bond motifs is 1. The number of hydrogen-bond donors (Lipinski definition) is 3. The van der Waals surface area contributed by atoms with Gasteiger partial charge >= 0.3 is 18.2 Å². The fourth-order valence-corrected chi connectivity index (χ4v) is 6.16. The van der Waals surface area contributed by atoms with Crippen molar-refractivity contribution in [1.82, 2.24) is 15.2 Å². The van der Waals surface area contributed by atoms with Gasteiger partial charge in [0.15, 0.2) is 5.60 Å². The molecule has 45 heavy (non-hydrogen) atoms. The minimum Gasteiger partial charge on any atom is -0.480 e. The molecule has 1 aromatic carbocycles. The van der Waals surface area contributed by atoms with Crippen LogP contribution in [0.25, 0.3) is 0 Å². The molecule has 5 rings (SSSR count). The Bertz CT molecular complexity index is 1390. The molecule has 1 aliphatic carbocycles. The number of halogens is 1. The normalized spacial score (nSPS) is 20.8. The van der Waals surface area contributed by atoms with Crippen molar-refractivity contribution in [1.29, 1.82) is 0 Å². The van der Waals surface area contributed by atoms with E-state index < -0.39 is 35.4 Å². The number of amides is 2. The number of aliphatic carboxylic acids is 1. The van der Waals surface area contributed by atoms with E-state index in [1.807, 2.05) is 0 Å². The molecule has 3 aliphatic rings. The van der Waals surface area contributed by atoms with E-state index >= 15 is 0 Å². The highest BCUT2D eigenvalue weighted by Crippen LogP contribution is 2.38. The van der Waals surface area contributed by atoms with Gasteiger partial charge in [0.2, 0.25) is 0 Å². The quantitative estimate of drug-likeness (QED) is 0.288. The van der Waals surface area contributed by atoms with Crippen LogP contribution >= 0.6 is 11.6 Å². The van der Waals surface area contributed by atoms with Crippen LogP contribution < -0.4 is 10.6 Å². The number of ether oxygens (including phenoxy) is 3. The number of rotatable bonds is 11. The molecule has 1 saturated carbocycles. The molecule has 0 unspecified atom stereocenters. The maximum absolute atomic E-state index is 13.0. The number of hydrogen-bond acceptors (Lipinski definition) is 8. The summed E-state index contributed by atoms with van der Waals surface area (Å²) < 4.78 is 17.2. The lowest BCUT2D eigenvalue weighted by atomic mass is 9.79. The highest BCUT2D eigenvalue weighted by molar-refractivity contribution is 6.30. The zero-order valence-electron chi connectivity index (χ0n) is 26.1. The topological polar surface area (TPSA) is 139 Å². The number of alkyl carbamates (subject to hydrolysis) is 1. The van der Waals surface area contributed by atoms with Gasteiger partial charge in [-0.3, -0.25) is 4.90 Å². The first-order valence-corrected chi connectivity index (χ1v) is 16.1. The van der Waals surface area contributed by atoms with Gasteiger partial charge in [-0.25, -0.2) is 19.4 Å². The number of benzene rings is 1. The summed E-state index contributed by atoms with van der Waals surface area (Å²) in [6, 6.07) is 9.94. The van der Waals surface area contributed by atoms with Gasteiger partial charge in [0, 0.05) is 35.9 Å². The van der Waals surface area contributed by atoms with Crippen LogP contribution in [0.15, 0.2) is 36.4 Å². The summed E-state index contributed by atoms with van der Waals surface area (Å²) in [5, 5.41) is 16.1. The first kappa shape index (κ1) is 32.8. The van der Waals surface area contributed by atoms with Crippen LogP contribution in [0.5, 0.6) is 0 Å². The number of carbonyl (C=O) groups excluding carboxylic acids is 2. The first-order chi connectivity index (χ1) is 21.4. The Balaban J connectivity index is 1.06. The summed E-state index contributed by atoms with van der Waals surface area (Å²) in [5.74, 6) is 0.388. The Labute approximate surface area is 269 Å². The summed E-state index contributed by atoms with van der Waals surface area (Å²) in [5.41, 5.74) is 1.11. The van der Waals surface area contributed by atoms with Crippen LogP contribution in [0, 0.1) is 5.92 Å². The lowest BCUT2D eigenvalue weighted by Crippen LogP contribution is -2.64. The molecule has 1 atom stereocenters. The van der Waals surface area contributed by atoms with E-state index in [0.29, 0.717) is 16.5 Å². The molecule has 2 fully saturated rings. The third-order valence-corrected chi connectivity index (χ3v) is 8.72. The number of anilines is 1. The van der Waals surface area contributed by atoms with Crippen LogP contribution in [0.3, 0.4) is 0 Å². The second-order valence-corrected chi connectivity index (χ2v) is 13.7. The van der Waals surface area contributed by atoms with Gasteiger partial charge in [0.25, 0.3) is 0 Å². The van der Waals surface area contributed by atoms with Crippen molar-refractivity contribution in [3.63, 3.8) is 0 Å². The number of nitrogens with one attached hydrogen (secondary N) is 2. The summed E-state index contributed by atoms with van der Waals surface area (Å²) >= 11 is 6.20. The average molecular weight is 643 g/mol. The minimum absolute atomic E-state index is 0.0405. The maximum Gasteiger partial charge on any atom is 0.410 e. The van der Waals surface area contributed by atoms with E-state index in [4.69, 9.17) is 30.8 Å². The van der Waals surface area contributed by atoms with Crippen molar-refractivity contribution in [3.05, 3.63) is 58.2 Å².